The van der Waals surface area contributed by atoms with E-state index in [1.165, 1.54) is 0 Å². The number of nitrogens with one attached hydrogen (secondary N) is 1. The van der Waals surface area contributed by atoms with Crippen molar-refractivity contribution in [2.24, 2.45) is 0 Å². The predicted molar refractivity (Wildman–Crippen MR) is 110 cm³/mol. The predicted octanol–water partition coefficient (Wildman–Crippen LogP) is 2.65. The Hall–Kier alpha value is -3.42. The van der Waals surface area contributed by atoms with Gasteiger partial charge in [-0.2, -0.15) is 4.98 Å². The van der Waals surface area contributed by atoms with E-state index in [1.807, 2.05) is 43.3 Å². The SMILES string of the molecule is COc1ccccc1Nc1nc(C)cc(N2CCN(c3ncccn3)CC2)n1. The first-order chi connectivity index (χ1) is 13.7. The second kappa shape index (κ2) is 8.08. The highest BCUT2D eigenvalue weighted by molar-refractivity contribution is 5.63. The molecule has 3 heterocycles. The summed E-state index contributed by atoms with van der Waals surface area (Å²) in [7, 11) is 1.65. The molecule has 0 amide bonds. The van der Waals surface area contributed by atoms with E-state index in [-0.39, 0.29) is 0 Å². The van der Waals surface area contributed by atoms with E-state index in [2.05, 4.69) is 30.1 Å². The number of anilines is 4. The van der Waals surface area contributed by atoms with Crippen molar-refractivity contribution in [1.82, 2.24) is 19.9 Å². The van der Waals surface area contributed by atoms with Crippen LogP contribution in [0.4, 0.5) is 23.4 Å². The molecule has 8 nitrogen and oxygen atoms in total. The maximum absolute atomic E-state index is 5.40. The van der Waals surface area contributed by atoms with Gasteiger partial charge >= 0.3 is 0 Å². The molecular formula is C20H23N7O. The Kier molecular flexibility index (Phi) is 5.18. The summed E-state index contributed by atoms with van der Waals surface area (Å²) in [5.41, 5.74) is 1.75. The van der Waals surface area contributed by atoms with Crippen LogP contribution in [-0.4, -0.2) is 53.2 Å². The van der Waals surface area contributed by atoms with Crippen LogP contribution in [0.3, 0.4) is 0 Å². The van der Waals surface area contributed by atoms with Crippen molar-refractivity contribution in [3.05, 3.63) is 54.5 Å². The number of hydrogen-bond acceptors (Lipinski definition) is 8. The molecule has 144 valence electrons. The second-order valence-corrected chi connectivity index (χ2v) is 6.54. The van der Waals surface area contributed by atoms with Gasteiger partial charge in [-0.25, -0.2) is 15.0 Å². The number of nitrogens with zero attached hydrogens (tertiary/aromatic N) is 6. The molecule has 3 aromatic rings. The summed E-state index contributed by atoms with van der Waals surface area (Å²) in [5.74, 6) is 3.01. The van der Waals surface area contributed by atoms with Crippen molar-refractivity contribution in [3.8, 4) is 5.75 Å². The first-order valence-electron chi connectivity index (χ1n) is 9.25. The lowest BCUT2D eigenvalue weighted by Crippen LogP contribution is -2.47. The van der Waals surface area contributed by atoms with Crippen LogP contribution in [0.15, 0.2) is 48.8 Å². The number of piperazine rings is 1. The normalized spacial score (nSPS) is 14.1. The molecule has 0 spiro atoms. The maximum atomic E-state index is 5.40. The monoisotopic (exact) mass is 377 g/mol. The van der Waals surface area contributed by atoms with Crippen LogP contribution >= 0.6 is 0 Å². The fourth-order valence-corrected chi connectivity index (χ4v) is 3.23. The van der Waals surface area contributed by atoms with Crippen LogP contribution < -0.4 is 19.9 Å². The van der Waals surface area contributed by atoms with E-state index in [1.54, 1.807) is 19.5 Å². The maximum Gasteiger partial charge on any atom is 0.229 e. The number of rotatable bonds is 5. The molecule has 2 aromatic heterocycles. The smallest absolute Gasteiger partial charge is 0.229 e. The van der Waals surface area contributed by atoms with E-state index in [0.29, 0.717) is 5.95 Å². The quantitative estimate of drug-likeness (QED) is 0.727. The Morgan fingerprint density at radius 1 is 0.929 bits per heavy atom. The van der Waals surface area contributed by atoms with Gasteiger partial charge in [0.2, 0.25) is 11.9 Å². The van der Waals surface area contributed by atoms with Gasteiger partial charge in [0.25, 0.3) is 0 Å². The molecule has 0 radical (unpaired) electrons. The Morgan fingerprint density at radius 2 is 1.64 bits per heavy atom. The standard InChI is InChI=1S/C20H23N7O/c1-15-14-18(25-19(23-15)24-16-6-3-4-7-17(16)28-2)26-10-12-27(13-11-26)20-21-8-5-9-22-20/h3-9,14H,10-13H2,1-2H3,(H,23,24,25). The number of para-hydroxylation sites is 2. The lowest BCUT2D eigenvalue weighted by Gasteiger charge is -2.35. The molecule has 4 rings (SSSR count). The molecule has 1 fully saturated rings. The van der Waals surface area contributed by atoms with E-state index in [4.69, 9.17) is 9.72 Å². The van der Waals surface area contributed by atoms with Gasteiger partial charge in [-0.05, 0) is 25.1 Å². The van der Waals surface area contributed by atoms with Crippen molar-refractivity contribution < 1.29 is 4.74 Å². The molecule has 1 aliphatic rings. The largest absolute Gasteiger partial charge is 0.495 e. The number of hydrogen-bond donors (Lipinski definition) is 1. The number of ether oxygens (including phenoxy) is 1. The van der Waals surface area contributed by atoms with Crippen molar-refractivity contribution >= 4 is 23.4 Å². The highest BCUT2D eigenvalue weighted by atomic mass is 16.5. The van der Waals surface area contributed by atoms with Crippen LogP contribution in [0, 0.1) is 6.92 Å². The molecular weight excluding hydrogens is 354 g/mol. The number of methoxy groups -OCH3 is 1. The molecule has 0 aliphatic carbocycles. The van der Waals surface area contributed by atoms with Crippen LogP contribution in [0.2, 0.25) is 0 Å². The molecule has 1 aliphatic heterocycles. The Bertz CT molecular complexity index is 927. The summed E-state index contributed by atoms with van der Waals surface area (Å²) in [6.07, 6.45) is 3.55. The highest BCUT2D eigenvalue weighted by Gasteiger charge is 2.20. The third-order valence-electron chi connectivity index (χ3n) is 4.63. The minimum absolute atomic E-state index is 0.563. The third-order valence-corrected chi connectivity index (χ3v) is 4.63. The van der Waals surface area contributed by atoms with Crippen LogP contribution in [0.25, 0.3) is 0 Å². The summed E-state index contributed by atoms with van der Waals surface area (Å²) in [6.45, 7) is 5.38. The number of benzene rings is 1. The average Bonchev–Trinajstić information content (AvgIpc) is 2.74. The van der Waals surface area contributed by atoms with Gasteiger partial charge in [-0.3, -0.25) is 0 Å². The summed E-state index contributed by atoms with van der Waals surface area (Å²) < 4.78 is 5.40. The fraction of sp³-hybridized carbons (Fsp3) is 0.300. The lowest BCUT2D eigenvalue weighted by molar-refractivity contribution is 0.417. The summed E-state index contributed by atoms with van der Waals surface area (Å²) in [4.78, 5) is 22.4. The van der Waals surface area contributed by atoms with Gasteiger partial charge in [0.1, 0.15) is 11.6 Å². The Balaban J connectivity index is 1.49. The van der Waals surface area contributed by atoms with Crippen molar-refractivity contribution in [1.29, 1.82) is 0 Å². The van der Waals surface area contributed by atoms with Gasteiger partial charge in [0.05, 0.1) is 12.8 Å². The number of aromatic nitrogens is 4. The van der Waals surface area contributed by atoms with E-state index >= 15 is 0 Å². The van der Waals surface area contributed by atoms with Gasteiger partial charge in [-0.15, -0.1) is 0 Å². The fourth-order valence-electron chi connectivity index (χ4n) is 3.23. The average molecular weight is 377 g/mol. The van der Waals surface area contributed by atoms with E-state index in [0.717, 1.165) is 55.1 Å². The molecule has 0 saturated carbocycles. The van der Waals surface area contributed by atoms with Gasteiger partial charge in [0.15, 0.2) is 0 Å². The zero-order valence-electron chi connectivity index (χ0n) is 16.0. The summed E-state index contributed by atoms with van der Waals surface area (Å²) in [5, 5.41) is 3.27. The first kappa shape index (κ1) is 18.0. The Morgan fingerprint density at radius 3 is 2.39 bits per heavy atom. The molecule has 1 N–H and O–H groups in total. The van der Waals surface area contributed by atoms with Crippen LogP contribution in [0.5, 0.6) is 5.75 Å². The topological polar surface area (TPSA) is 79.3 Å². The van der Waals surface area contributed by atoms with E-state index in [9.17, 15) is 0 Å². The number of aryl methyl sites for hydroxylation is 1. The van der Waals surface area contributed by atoms with Gasteiger partial charge in [0, 0.05) is 50.3 Å². The molecule has 8 heteroatoms. The second-order valence-electron chi connectivity index (χ2n) is 6.54. The minimum atomic E-state index is 0.563. The van der Waals surface area contributed by atoms with Crippen molar-refractivity contribution in [3.63, 3.8) is 0 Å². The Labute approximate surface area is 164 Å². The summed E-state index contributed by atoms with van der Waals surface area (Å²) in [6, 6.07) is 11.6. The lowest BCUT2D eigenvalue weighted by atomic mass is 10.3. The molecule has 0 atom stereocenters. The minimum Gasteiger partial charge on any atom is -0.495 e. The summed E-state index contributed by atoms with van der Waals surface area (Å²) >= 11 is 0. The molecule has 1 aromatic carbocycles. The van der Waals surface area contributed by atoms with Crippen LogP contribution in [0.1, 0.15) is 5.69 Å². The third kappa shape index (κ3) is 3.95. The molecule has 28 heavy (non-hydrogen) atoms. The van der Waals surface area contributed by atoms with Gasteiger partial charge < -0.3 is 19.9 Å². The molecule has 0 unspecified atom stereocenters. The van der Waals surface area contributed by atoms with Crippen LogP contribution in [-0.2, 0) is 0 Å². The van der Waals surface area contributed by atoms with Gasteiger partial charge in [-0.1, -0.05) is 12.1 Å². The van der Waals surface area contributed by atoms with Crippen molar-refractivity contribution in [2.45, 2.75) is 6.92 Å². The molecule has 1 saturated heterocycles. The first-order valence-corrected chi connectivity index (χ1v) is 9.25. The van der Waals surface area contributed by atoms with E-state index < -0.39 is 0 Å². The zero-order chi connectivity index (χ0) is 19.3. The van der Waals surface area contributed by atoms with Crippen molar-refractivity contribution in [2.75, 3.05) is 48.4 Å². The zero-order valence-corrected chi connectivity index (χ0v) is 16.0. The highest BCUT2D eigenvalue weighted by Crippen LogP contribution is 2.27. The molecule has 0 bridgehead atoms.